The standard InChI is InChI=1S/C11H15N3O3S/c1-12-8(15)5-13-11-14-9-6(10(16)17)3-2-4-7(9)18-11/h6H,2-5H2,1H3,(H,12,15)(H,13,14)(H,16,17). The van der Waals surface area contributed by atoms with Crippen LogP contribution in [0.15, 0.2) is 0 Å². The van der Waals surface area contributed by atoms with Gasteiger partial charge in [-0.25, -0.2) is 4.98 Å². The molecule has 0 radical (unpaired) electrons. The van der Waals surface area contributed by atoms with E-state index in [1.807, 2.05) is 0 Å². The Morgan fingerprint density at radius 2 is 2.33 bits per heavy atom. The van der Waals surface area contributed by atoms with E-state index in [9.17, 15) is 9.59 Å². The van der Waals surface area contributed by atoms with E-state index in [4.69, 9.17) is 5.11 Å². The SMILES string of the molecule is CNC(=O)CNc1nc2c(s1)CCCC2C(=O)O. The molecular weight excluding hydrogens is 254 g/mol. The lowest BCUT2D eigenvalue weighted by Gasteiger charge is -2.16. The molecule has 6 nitrogen and oxygen atoms in total. The van der Waals surface area contributed by atoms with Gasteiger partial charge in [0.25, 0.3) is 0 Å². The number of fused-ring (bicyclic) bond motifs is 1. The summed E-state index contributed by atoms with van der Waals surface area (Å²) in [5.74, 6) is -1.45. The highest BCUT2D eigenvalue weighted by molar-refractivity contribution is 7.15. The van der Waals surface area contributed by atoms with Crippen molar-refractivity contribution in [3.05, 3.63) is 10.6 Å². The van der Waals surface area contributed by atoms with Gasteiger partial charge >= 0.3 is 5.97 Å². The van der Waals surface area contributed by atoms with Crippen LogP contribution in [-0.4, -0.2) is 35.6 Å². The summed E-state index contributed by atoms with van der Waals surface area (Å²) >= 11 is 1.44. The Kier molecular flexibility index (Phi) is 3.81. The third-order valence-electron chi connectivity index (χ3n) is 2.93. The number of aliphatic carboxylic acids is 1. The highest BCUT2D eigenvalue weighted by Gasteiger charge is 2.29. The zero-order chi connectivity index (χ0) is 13.1. The summed E-state index contributed by atoms with van der Waals surface area (Å²) in [6.07, 6.45) is 2.39. The number of likely N-dealkylation sites (N-methyl/N-ethyl adjacent to an activating group) is 1. The van der Waals surface area contributed by atoms with E-state index in [2.05, 4.69) is 15.6 Å². The van der Waals surface area contributed by atoms with Crippen LogP contribution in [0.3, 0.4) is 0 Å². The predicted octanol–water partition coefficient (Wildman–Crippen LogP) is 0.805. The molecule has 1 amide bonds. The van der Waals surface area contributed by atoms with Gasteiger partial charge in [-0.1, -0.05) is 0 Å². The van der Waals surface area contributed by atoms with E-state index in [-0.39, 0.29) is 12.5 Å². The number of carbonyl (C=O) groups excluding carboxylic acids is 1. The Morgan fingerprint density at radius 1 is 1.56 bits per heavy atom. The number of carbonyl (C=O) groups is 2. The molecule has 1 aliphatic carbocycles. The summed E-state index contributed by atoms with van der Waals surface area (Å²) in [6, 6.07) is 0. The molecule has 1 aliphatic rings. The highest BCUT2D eigenvalue weighted by Crippen LogP contribution is 2.36. The molecular formula is C11H15N3O3S. The number of aromatic nitrogens is 1. The molecule has 1 aromatic heterocycles. The van der Waals surface area contributed by atoms with Crippen molar-refractivity contribution in [2.75, 3.05) is 18.9 Å². The van der Waals surface area contributed by atoms with Crippen LogP contribution < -0.4 is 10.6 Å². The van der Waals surface area contributed by atoms with Crippen LogP contribution in [0.25, 0.3) is 0 Å². The summed E-state index contributed by atoms with van der Waals surface area (Å²) in [5.41, 5.74) is 0.665. The first-order chi connectivity index (χ1) is 8.61. The van der Waals surface area contributed by atoms with Crippen LogP contribution in [0.5, 0.6) is 0 Å². The maximum Gasteiger partial charge on any atom is 0.312 e. The van der Waals surface area contributed by atoms with Gasteiger partial charge in [0.05, 0.1) is 12.2 Å². The number of aryl methyl sites for hydroxylation is 1. The summed E-state index contributed by atoms with van der Waals surface area (Å²) in [7, 11) is 1.57. The number of carboxylic acid groups (broad SMARTS) is 1. The Hall–Kier alpha value is -1.63. The van der Waals surface area contributed by atoms with Gasteiger partial charge in [-0.15, -0.1) is 11.3 Å². The maximum absolute atomic E-state index is 11.1. The Bertz CT molecular complexity index is 472. The predicted molar refractivity (Wildman–Crippen MR) is 68.0 cm³/mol. The molecule has 0 aromatic carbocycles. The van der Waals surface area contributed by atoms with E-state index in [0.717, 1.165) is 17.7 Å². The quantitative estimate of drug-likeness (QED) is 0.752. The van der Waals surface area contributed by atoms with Crippen molar-refractivity contribution in [3.8, 4) is 0 Å². The third kappa shape index (κ3) is 2.61. The summed E-state index contributed by atoms with van der Waals surface area (Å²) in [6.45, 7) is 0.153. The van der Waals surface area contributed by atoms with Crippen LogP contribution in [0.2, 0.25) is 0 Å². The van der Waals surface area contributed by atoms with Crippen LogP contribution in [0.4, 0.5) is 5.13 Å². The molecule has 2 rings (SSSR count). The number of hydrogen-bond acceptors (Lipinski definition) is 5. The normalized spacial score (nSPS) is 17.9. The average molecular weight is 269 g/mol. The maximum atomic E-state index is 11.1. The fraction of sp³-hybridized carbons (Fsp3) is 0.545. The molecule has 1 atom stereocenters. The summed E-state index contributed by atoms with van der Waals surface area (Å²) < 4.78 is 0. The van der Waals surface area contributed by atoms with Crippen molar-refractivity contribution in [2.45, 2.75) is 25.2 Å². The fourth-order valence-corrected chi connectivity index (χ4v) is 3.04. The molecule has 3 N–H and O–H groups in total. The van der Waals surface area contributed by atoms with Gasteiger partial charge in [-0.2, -0.15) is 0 Å². The minimum absolute atomic E-state index is 0.127. The molecule has 0 saturated heterocycles. The number of hydrogen-bond donors (Lipinski definition) is 3. The van der Waals surface area contributed by atoms with Gasteiger partial charge in [-0.3, -0.25) is 9.59 Å². The van der Waals surface area contributed by atoms with Crippen molar-refractivity contribution in [2.24, 2.45) is 0 Å². The Morgan fingerprint density at radius 3 is 3.00 bits per heavy atom. The van der Waals surface area contributed by atoms with E-state index in [1.54, 1.807) is 7.05 Å². The monoisotopic (exact) mass is 269 g/mol. The van der Waals surface area contributed by atoms with Crippen LogP contribution in [0, 0.1) is 0 Å². The lowest BCUT2D eigenvalue weighted by molar-refractivity contribution is -0.139. The topological polar surface area (TPSA) is 91.3 Å². The van der Waals surface area contributed by atoms with E-state index in [1.165, 1.54) is 11.3 Å². The molecule has 1 heterocycles. The second-order valence-corrected chi connectivity index (χ2v) is 5.22. The largest absolute Gasteiger partial charge is 0.481 e. The molecule has 18 heavy (non-hydrogen) atoms. The number of nitrogens with zero attached hydrogens (tertiary/aromatic N) is 1. The van der Waals surface area contributed by atoms with Gasteiger partial charge in [0.1, 0.15) is 5.92 Å². The minimum atomic E-state index is -0.820. The third-order valence-corrected chi connectivity index (χ3v) is 4.02. The number of nitrogens with one attached hydrogen (secondary N) is 2. The van der Waals surface area contributed by atoms with Crippen molar-refractivity contribution >= 4 is 28.3 Å². The van der Waals surface area contributed by atoms with Gasteiger partial charge in [0, 0.05) is 11.9 Å². The van der Waals surface area contributed by atoms with E-state index >= 15 is 0 Å². The van der Waals surface area contributed by atoms with Gasteiger partial charge in [0.2, 0.25) is 5.91 Å². The van der Waals surface area contributed by atoms with Gasteiger partial charge in [-0.05, 0) is 19.3 Å². The number of amides is 1. The second kappa shape index (κ2) is 5.34. The Balaban J connectivity index is 2.12. The molecule has 0 spiro atoms. The lowest BCUT2D eigenvalue weighted by Crippen LogP contribution is -2.26. The number of rotatable bonds is 4. The van der Waals surface area contributed by atoms with Crippen molar-refractivity contribution < 1.29 is 14.7 Å². The number of anilines is 1. The summed E-state index contributed by atoms with van der Waals surface area (Å²) in [5, 5.41) is 15.2. The molecule has 1 unspecified atom stereocenters. The van der Waals surface area contributed by atoms with Crippen LogP contribution >= 0.6 is 11.3 Å². The molecule has 0 saturated carbocycles. The van der Waals surface area contributed by atoms with Crippen LogP contribution in [-0.2, 0) is 16.0 Å². The molecule has 7 heteroatoms. The molecule has 0 aliphatic heterocycles. The number of carboxylic acids is 1. The lowest BCUT2D eigenvalue weighted by atomic mass is 9.91. The van der Waals surface area contributed by atoms with Crippen molar-refractivity contribution in [1.29, 1.82) is 0 Å². The zero-order valence-corrected chi connectivity index (χ0v) is 10.8. The smallest absolute Gasteiger partial charge is 0.312 e. The first kappa shape index (κ1) is 12.8. The van der Waals surface area contributed by atoms with E-state index in [0.29, 0.717) is 17.2 Å². The second-order valence-electron chi connectivity index (χ2n) is 4.14. The minimum Gasteiger partial charge on any atom is -0.481 e. The summed E-state index contributed by atoms with van der Waals surface area (Å²) in [4.78, 5) is 27.6. The highest BCUT2D eigenvalue weighted by atomic mass is 32.1. The molecule has 0 fully saturated rings. The average Bonchev–Trinajstić information content (AvgIpc) is 2.77. The van der Waals surface area contributed by atoms with Crippen molar-refractivity contribution in [1.82, 2.24) is 10.3 Å². The van der Waals surface area contributed by atoms with Gasteiger partial charge in [0.15, 0.2) is 5.13 Å². The van der Waals surface area contributed by atoms with Gasteiger partial charge < -0.3 is 15.7 Å². The number of thiazole rings is 1. The van der Waals surface area contributed by atoms with Crippen molar-refractivity contribution in [3.63, 3.8) is 0 Å². The molecule has 1 aromatic rings. The zero-order valence-electron chi connectivity index (χ0n) is 10.0. The first-order valence-corrected chi connectivity index (χ1v) is 6.60. The molecule has 98 valence electrons. The fourth-order valence-electron chi connectivity index (χ4n) is 1.98. The van der Waals surface area contributed by atoms with E-state index < -0.39 is 11.9 Å². The molecule has 0 bridgehead atoms. The van der Waals surface area contributed by atoms with Crippen LogP contribution in [0.1, 0.15) is 29.3 Å². The Labute approximate surface area is 108 Å². The first-order valence-electron chi connectivity index (χ1n) is 5.78.